The largest absolute Gasteiger partial charge is 0.369 e. The van der Waals surface area contributed by atoms with Gasteiger partial charge in [0.25, 0.3) is 5.91 Å². The Hall–Kier alpha value is -2.35. The number of nitrogens with one attached hydrogen (secondary N) is 1. The fraction of sp³-hybridized carbons (Fsp3) is 0.100. The second-order valence-electron chi connectivity index (χ2n) is 3.33. The molecule has 8 heteroatoms. The van der Waals surface area contributed by atoms with Gasteiger partial charge in [0.1, 0.15) is 5.69 Å². The third-order valence-corrected chi connectivity index (χ3v) is 2.73. The number of hydrogen-bond donors (Lipinski definition) is 2. The molecule has 0 saturated carbocycles. The molecule has 2 heterocycles. The molecule has 2 amide bonds. The highest BCUT2D eigenvalue weighted by molar-refractivity contribution is 7.14. The molecule has 0 atom stereocenters. The zero-order valence-corrected chi connectivity index (χ0v) is 9.98. The van der Waals surface area contributed by atoms with Crippen molar-refractivity contribution in [3.8, 4) is 0 Å². The van der Waals surface area contributed by atoms with Crippen molar-refractivity contribution in [2.24, 2.45) is 5.73 Å². The zero-order valence-electron chi connectivity index (χ0n) is 9.16. The van der Waals surface area contributed by atoms with Crippen molar-refractivity contribution in [3.05, 3.63) is 35.4 Å². The quantitative estimate of drug-likeness (QED) is 0.819. The van der Waals surface area contributed by atoms with Crippen LogP contribution in [0.15, 0.2) is 24.0 Å². The van der Waals surface area contributed by atoms with Gasteiger partial charge in [-0.25, -0.2) is 9.97 Å². The van der Waals surface area contributed by atoms with Gasteiger partial charge in [0.05, 0.1) is 18.3 Å². The molecule has 0 radical (unpaired) electrons. The Balaban J connectivity index is 2.04. The fourth-order valence-electron chi connectivity index (χ4n) is 1.20. The van der Waals surface area contributed by atoms with Crippen LogP contribution in [0.2, 0.25) is 0 Å². The van der Waals surface area contributed by atoms with Crippen LogP contribution < -0.4 is 11.1 Å². The van der Waals surface area contributed by atoms with E-state index in [1.165, 1.54) is 29.9 Å². The fourth-order valence-corrected chi connectivity index (χ4v) is 1.91. The van der Waals surface area contributed by atoms with Crippen LogP contribution in [-0.2, 0) is 11.2 Å². The molecule has 0 bridgehead atoms. The molecular formula is C10H9N5O2S. The summed E-state index contributed by atoms with van der Waals surface area (Å²) in [5.74, 6) is -0.866. The van der Waals surface area contributed by atoms with E-state index in [4.69, 9.17) is 5.73 Å². The first-order chi connectivity index (χ1) is 8.65. The molecule has 7 nitrogen and oxygen atoms in total. The Kier molecular flexibility index (Phi) is 3.58. The molecule has 0 aliphatic carbocycles. The molecule has 0 saturated heterocycles. The topological polar surface area (TPSA) is 111 Å². The van der Waals surface area contributed by atoms with E-state index in [1.807, 2.05) is 0 Å². The Morgan fingerprint density at radius 1 is 1.39 bits per heavy atom. The average Bonchev–Trinajstić information content (AvgIpc) is 2.76. The number of carbonyl (C=O) groups is 2. The maximum absolute atomic E-state index is 11.7. The lowest BCUT2D eigenvalue weighted by Gasteiger charge is -1.99. The molecule has 3 N–H and O–H groups in total. The summed E-state index contributed by atoms with van der Waals surface area (Å²) in [6.07, 6.45) is 4.31. The van der Waals surface area contributed by atoms with Crippen molar-refractivity contribution in [3.63, 3.8) is 0 Å². The summed E-state index contributed by atoms with van der Waals surface area (Å²) < 4.78 is 0. The number of primary amides is 1. The number of rotatable bonds is 4. The van der Waals surface area contributed by atoms with E-state index in [2.05, 4.69) is 20.3 Å². The number of aromatic nitrogens is 3. The van der Waals surface area contributed by atoms with Crippen molar-refractivity contribution >= 4 is 28.3 Å². The van der Waals surface area contributed by atoms with Crippen LogP contribution in [0.3, 0.4) is 0 Å². The zero-order chi connectivity index (χ0) is 13.0. The van der Waals surface area contributed by atoms with Crippen LogP contribution in [-0.4, -0.2) is 26.8 Å². The maximum Gasteiger partial charge on any atom is 0.277 e. The van der Waals surface area contributed by atoms with Crippen LogP contribution >= 0.6 is 11.3 Å². The van der Waals surface area contributed by atoms with Crippen LogP contribution in [0, 0.1) is 0 Å². The van der Waals surface area contributed by atoms with E-state index in [9.17, 15) is 9.59 Å². The minimum absolute atomic E-state index is 0.0531. The van der Waals surface area contributed by atoms with Crippen molar-refractivity contribution in [2.75, 3.05) is 5.32 Å². The molecule has 0 fully saturated rings. The van der Waals surface area contributed by atoms with Crippen LogP contribution in [0.1, 0.15) is 16.2 Å². The van der Waals surface area contributed by atoms with E-state index in [0.717, 1.165) is 0 Å². The molecule has 2 aromatic heterocycles. The predicted octanol–water partition coefficient (Wildman–Crippen LogP) is 0.213. The maximum atomic E-state index is 11.7. The average molecular weight is 263 g/mol. The Bertz CT molecular complexity index is 569. The summed E-state index contributed by atoms with van der Waals surface area (Å²) in [5.41, 5.74) is 5.77. The predicted molar refractivity (Wildman–Crippen MR) is 65.0 cm³/mol. The number of carbonyl (C=O) groups excluding carboxylic acids is 2. The monoisotopic (exact) mass is 263 g/mol. The minimum Gasteiger partial charge on any atom is -0.369 e. The van der Waals surface area contributed by atoms with Crippen molar-refractivity contribution < 1.29 is 9.59 Å². The third kappa shape index (κ3) is 3.08. The smallest absolute Gasteiger partial charge is 0.277 e. The van der Waals surface area contributed by atoms with Gasteiger partial charge in [0.2, 0.25) is 5.91 Å². The molecule has 0 unspecified atom stereocenters. The Morgan fingerprint density at radius 2 is 2.22 bits per heavy atom. The Morgan fingerprint density at radius 3 is 2.89 bits per heavy atom. The van der Waals surface area contributed by atoms with Gasteiger partial charge >= 0.3 is 0 Å². The summed E-state index contributed by atoms with van der Waals surface area (Å²) in [4.78, 5) is 34.1. The SMILES string of the molecule is NC(=O)Cc1csc(NC(=O)c2cnccn2)n1. The summed E-state index contributed by atoms with van der Waals surface area (Å²) in [5, 5.41) is 4.62. The van der Waals surface area contributed by atoms with Gasteiger partial charge in [0, 0.05) is 17.8 Å². The highest BCUT2D eigenvalue weighted by Crippen LogP contribution is 2.16. The van der Waals surface area contributed by atoms with Crippen molar-refractivity contribution in [2.45, 2.75) is 6.42 Å². The van der Waals surface area contributed by atoms with Crippen molar-refractivity contribution in [1.82, 2.24) is 15.0 Å². The van der Waals surface area contributed by atoms with Crippen LogP contribution in [0.4, 0.5) is 5.13 Å². The number of hydrogen-bond acceptors (Lipinski definition) is 6. The summed E-state index contributed by atoms with van der Waals surface area (Å²) in [6, 6.07) is 0. The summed E-state index contributed by atoms with van der Waals surface area (Å²) in [7, 11) is 0. The van der Waals surface area contributed by atoms with Gasteiger partial charge in [-0.15, -0.1) is 11.3 Å². The van der Waals surface area contributed by atoms with Crippen LogP contribution in [0.25, 0.3) is 0 Å². The van der Waals surface area contributed by atoms with Gasteiger partial charge in [-0.05, 0) is 0 Å². The van der Waals surface area contributed by atoms with E-state index in [0.29, 0.717) is 10.8 Å². The van der Waals surface area contributed by atoms with E-state index >= 15 is 0 Å². The first-order valence-electron chi connectivity index (χ1n) is 4.95. The second kappa shape index (κ2) is 5.32. The summed E-state index contributed by atoms with van der Waals surface area (Å²) in [6.45, 7) is 0. The lowest BCUT2D eigenvalue weighted by molar-refractivity contribution is -0.117. The van der Waals surface area contributed by atoms with E-state index in [1.54, 1.807) is 5.38 Å². The van der Waals surface area contributed by atoms with Gasteiger partial charge in [-0.2, -0.15) is 0 Å². The third-order valence-electron chi connectivity index (χ3n) is 1.92. The molecule has 18 heavy (non-hydrogen) atoms. The van der Waals surface area contributed by atoms with Crippen LogP contribution in [0.5, 0.6) is 0 Å². The molecule has 2 aromatic rings. The molecule has 0 spiro atoms. The lowest BCUT2D eigenvalue weighted by atomic mass is 10.3. The summed E-state index contributed by atoms with van der Waals surface area (Å²) >= 11 is 1.22. The van der Waals surface area contributed by atoms with Gasteiger partial charge < -0.3 is 5.73 Å². The normalized spacial score (nSPS) is 10.0. The molecule has 0 aliphatic heterocycles. The molecule has 0 aliphatic rings. The minimum atomic E-state index is -0.466. The highest BCUT2D eigenvalue weighted by Gasteiger charge is 2.10. The van der Waals surface area contributed by atoms with Gasteiger partial charge in [0.15, 0.2) is 5.13 Å². The molecular weight excluding hydrogens is 254 g/mol. The standard InChI is InChI=1S/C10H9N5O2S/c11-8(16)3-6-5-18-10(14-6)15-9(17)7-4-12-1-2-13-7/h1-2,4-5H,3H2,(H2,11,16)(H,14,15,17). The first-order valence-corrected chi connectivity index (χ1v) is 5.83. The number of anilines is 1. The number of amides is 2. The molecule has 0 aromatic carbocycles. The lowest BCUT2D eigenvalue weighted by Crippen LogP contribution is -2.15. The molecule has 92 valence electrons. The highest BCUT2D eigenvalue weighted by atomic mass is 32.1. The van der Waals surface area contributed by atoms with E-state index < -0.39 is 11.8 Å². The van der Waals surface area contributed by atoms with Gasteiger partial charge in [-0.1, -0.05) is 0 Å². The second-order valence-corrected chi connectivity index (χ2v) is 4.19. The number of thiazole rings is 1. The van der Waals surface area contributed by atoms with E-state index in [-0.39, 0.29) is 12.1 Å². The number of nitrogens with two attached hydrogens (primary N) is 1. The number of nitrogens with zero attached hydrogens (tertiary/aromatic N) is 3. The van der Waals surface area contributed by atoms with Crippen molar-refractivity contribution in [1.29, 1.82) is 0 Å². The Labute approximate surface area is 106 Å². The van der Waals surface area contributed by atoms with Gasteiger partial charge in [-0.3, -0.25) is 19.9 Å². The molecule has 2 rings (SSSR count). The first kappa shape index (κ1) is 12.1.